The topological polar surface area (TPSA) is 75.2 Å². The normalized spacial score (nSPS) is 15.9. The van der Waals surface area contributed by atoms with Crippen molar-refractivity contribution in [2.24, 2.45) is 5.92 Å². The van der Waals surface area contributed by atoms with Crippen LogP contribution in [0.2, 0.25) is 0 Å². The highest BCUT2D eigenvalue weighted by atomic mass is 16.5. The summed E-state index contributed by atoms with van der Waals surface area (Å²) in [6.07, 6.45) is 7.19. The van der Waals surface area contributed by atoms with Crippen LogP contribution in [-0.4, -0.2) is 27.4 Å². The Morgan fingerprint density at radius 3 is 2.85 bits per heavy atom. The van der Waals surface area contributed by atoms with Gasteiger partial charge < -0.3 is 9.84 Å². The van der Waals surface area contributed by atoms with Gasteiger partial charge in [0, 0.05) is 10.9 Å². The first-order chi connectivity index (χ1) is 13.1. The molecule has 5 nitrogen and oxygen atoms in total. The van der Waals surface area contributed by atoms with Crippen molar-refractivity contribution >= 4 is 16.9 Å². The maximum absolute atomic E-state index is 11.2. The Morgan fingerprint density at radius 1 is 1.26 bits per heavy atom. The number of benzene rings is 2. The van der Waals surface area contributed by atoms with Crippen LogP contribution in [-0.2, 0) is 11.2 Å². The van der Waals surface area contributed by atoms with Crippen molar-refractivity contribution in [2.75, 3.05) is 0 Å². The van der Waals surface area contributed by atoms with E-state index in [1.807, 2.05) is 18.2 Å². The van der Waals surface area contributed by atoms with Gasteiger partial charge >= 0.3 is 5.97 Å². The number of nitrogens with one attached hydrogen (secondary N) is 1. The zero-order chi connectivity index (χ0) is 18.8. The highest BCUT2D eigenvalue weighted by Gasteiger charge is 2.20. The smallest absolute Gasteiger partial charge is 0.306 e. The van der Waals surface area contributed by atoms with Gasteiger partial charge in [0.15, 0.2) is 0 Å². The van der Waals surface area contributed by atoms with E-state index in [9.17, 15) is 9.90 Å². The van der Waals surface area contributed by atoms with E-state index in [1.54, 1.807) is 13.1 Å². The van der Waals surface area contributed by atoms with E-state index in [-0.39, 0.29) is 6.10 Å². The molecule has 140 valence electrons. The van der Waals surface area contributed by atoms with E-state index in [2.05, 4.69) is 28.4 Å². The van der Waals surface area contributed by atoms with E-state index in [0.29, 0.717) is 6.42 Å². The van der Waals surface area contributed by atoms with Crippen molar-refractivity contribution in [1.82, 2.24) is 10.2 Å². The van der Waals surface area contributed by atoms with Gasteiger partial charge in [0.05, 0.1) is 23.7 Å². The van der Waals surface area contributed by atoms with Crippen molar-refractivity contribution in [3.05, 3.63) is 48.2 Å². The zero-order valence-corrected chi connectivity index (χ0v) is 15.4. The minimum Gasteiger partial charge on any atom is -0.490 e. The first-order valence-corrected chi connectivity index (χ1v) is 9.56. The number of nitrogens with zero attached hydrogens (tertiary/aromatic N) is 1. The first-order valence-electron chi connectivity index (χ1n) is 9.56. The molecule has 2 N–H and O–H groups in total. The number of carbonyl (C=O) groups is 1. The lowest BCUT2D eigenvalue weighted by Gasteiger charge is -2.18. The molecule has 1 unspecified atom stereocenters. The summed E-state index contributed by atoms with van der Waals surface area (Å²) in [6.45, 7) is 1.74. The van der Waals surface area contributed by atoms with E-state index in [0.717, 1.165) is 46.2 Å². The summed E-state index contributed by atoms with van der Waals surface area (Å²) in [5.41, 5.74) is 4.03. The second kappa shape index (κ2) is 7.43. The number of aromatic nitrogens is 2. The van der Waals surface area contributed by atoms with Gasteiger partial charge in [-0.05, 0) is 61.4 Å². The number of fused-ring (bicyclic) bond motifs is 1. The average Bonchev–Trinajstić information content (AvgIpc) is 3.33. The van der Waals surface area contributed by atoms with E-state index in [1.165, 1.54) is 12.8 Å². The van der Waals surface area contributed by atoms with Gasteiger partial charge in [-0.1, -0.05) is 25.1 Å². The van der Waals surface area contributed by atoms with Crippen LogP contribution in [0.4, 0.5) is 0 Å². The van der Waals surface area contributed by atoms with E-state index in [4.69, 9.17) is 4.74 Å². The summed E-state index contributed by atoms with van der Waals surface area (Å²) >= 11 is 0. The third kappa shape index (κ3) is 3.82. The highest BCUT2D eigenvalue weighted by Crippen LogP contribution is 2.35. The van der Waals surface area contributed by atoms with Crippen LogP contribution in [0.1, 0.15) is 38.2 Å². The van der Waals surface area contributed by atoms with Crippen molar-refractivity contribution in [3.63, 3.8) is 0 Å². The zero-order valence-electron chi connectivity index (χ0n) is 15.4. The molecule has 1 aromatic heterocycles. The summed E-state index contributed by atoms with van der Waals surface area (Å²) in [5.74, 6) is -0.330. The standard InChI is InChI=1S/C22H24N2O3/c1-14(22(25)26)10-15-6-9-21(27-18-4-2-3-5-18)19(11-15)16-7-8-17-13-23-24-20(17)12-16/h6-9,11-14,18H,2-5,10H2,1H3,(H,23,24)(H,25,26). The summed E-state index contributed by atoms with van der Waals surface area (Å²) in [4.78, 5) is 11.2. The molecule has 1 heterocycles. The molecule has 1 saturated carbocycles. The lowest BCUT2D eigenvalue weighted by atomic mass is 9.96. The second-order valence-corrected chi connectivity index (χ2v) is 7.47. The molecule has 1 fully saturated rings. The molecule has 5 heteroatoms. The number of carboxylic acids is 1. The van der Waals surface area contributed by atoms with Crippen molar-refractivity contribution in [2.45, 2.75) is 45.1 Å². The SMILES string of the molecule is CC(Cc1ccc(OC2CCCC2)c(-c2ccc3cn[nH]c3c2)c1)C(=O)O. The van der Waals surface area contributed by atoms with Gasteiger partial charge in [-0.3, -0.25) is 9.89 Å². The van der Waals surface area contributed by atoms with Crippen LogP contribution in [0, 0.1) is 5.92 Å². The fourth-order valence-corrected chi connectivity index (χ4v) is 3.76. The molecule has 0 bridgehead atoms. The predicted octanol–water partition coefficient (Wildman–Crippen LogP) is 4.81. The number of H-pyrrole nitrogens is 1. The average molecular weight is 364 g/mol. The maximum Gasteiger partial charge on any atom is 0.306 e. The molecule has 1 aliphatic rings. The molecule has 4 rings (SSSR count). The quantitative estimate of drug-likeness (QED) is 0.658. The Morgan fingerprint density at radius 2 is 2.07 bits per heavy atom. The number of hydrogen-bond donors (Lipinski definition) is 2. The van der Waals surface area contributed by atoms with E-state index < -0.39 is 11.9 Å². The van der Waals surface area contributed by atoms with Gasteiger partial charge in [0.2, 0.25) is 0 Å². The van der Waals surface area contributed by atoms with Gasteiger partial charge in [0.1, 0.15) is 5.75 Å². The van der Waals surface area contributed by atoms with Gasteiger partial charge in [0.25, 0.3) is 0 Å². The third-order valence-corrected chi connectivity index (χ3v) is 5.36. The minimum absolute atomic E-state index is 0.267. The largest absolute Gasteiger partial charge is 0.490 e. The Labute approximate surface area is 158 Å². The molecule has 0 saturated heterocycles. The van der Waals surface area contributed by atoms with Crippen LogP contribution < -0.4 is 4.74 Å². The van der Waals surface area contributed by atoms with Gasteiger partial charge in [-0.2, -0.15) is 5.10 Å². The Hall–Kier alpha value is -2.82. The molecule has 0 amide bonds. The monoisotopic (exact) mass is 364 g/mol. The van der Waals surface area contributed by atoms with E-state index >= 15 is 0 Å². The fraction of sp³-hybridized carbons (Fsp3) is 0.364. The second-order valence-electron chi connectivity index (χ2n) is 7.47. The first kappa shape index (κ1) is 17.6. The minimum atomic E-state index is -0.776. The fourth-order valence-electron chi connectivity index (χ4n) is 3.76. The molecule has 27 heavy (non-hydrogen) atoms. The molecular weight excluding hydrogens is 340 g/mol. The lowest BCUT2D eigenvalue weighted by Crippen LogP contribution is -2.13. The lowest BCUT2D eigenvalue weighted by molar-refractivity contribution is -0.141. The van der Waals surface area contributed by atoms with Gasteiger partial charge in [-0.25, -0.2) is 0 Å². The molecule has 1 atom stereocenters. The van der Waals surface area contributed by atoms with Crippen molar-refractivity contribution in [1.29, 1.82) is 0 Å². The number of ether oxygens (including phenoxy) is 1. The molecule has 0 spiro atoms. The summed E-state index contributed by atoms with van der Waals surface area (Å²) in [7, 11) is 0. The van der Waals surface area contributed by atoms with Crippen molar-refractivity contribution < 1.29 is 14.6 Å². The molecular formula is C22H24N2O3. The number of rotatable bonds is 6. The summed E-state index contributed by atoms with van der Waals surface area (Å²) < 4.78 is 6.32. The van der Waals surface area contributed by atoms with Crippen LogP contribution in [0.15, 0.2) is 42.6 Å². The van der Waals surface area contributed by atoms with Crippen molar-refractivity contribution in [3.8, 4) is 16.9 Å². The molecule has 3 aromatic rings. The highest BCUT2D eigenvalue weighted by molar-refractivity contribution is 5.85. The maximum atomic E-state index is 11.2. The number of aliphatic carboxylic acids is 1. The van der Waals surface area contributed by atoms with Crippen LogP contribution in [0.5, 0.6) is 5.75 Å². The Kier molecular flexibility index (Phi) is 4.84. The van der Waals surface area contributed by atoms with Gasteiger partial charge in [-0.15, -0.1) is 0 Å². The summed E-state index contributed by atoms with van der Waals surface area (Å²) in [5, 5.41) is 17.4. The summed E-state index contributed by atoms with van der Waals surface area (Å²) in [6, 6.07) is 12.2. The van der Waals surface area contributed by atoms with Crippen LogP contribution >= 0.6 is 0 Å². The Balaban J connectivity index is 1.72. The Bertz CT molecular complexity index is 957. The third-order valence-electron chi connectivity index (χ3n) is 5.36. The van der Waals surface area contributed by atoms with Crippen LogP contribution in [0.3, 0.4) is 0 Å². The predicted molar refractivity (Wildman–Crippen MR) is 105 cm³/mol. The molecule has 0 radical (unpaired) electrons. The molecule has 0 aliphatic heterocycles. The number of aromatic amines is 1. The molecule has 2 aromatic carbocycles. The number of hydrogen-bond acceptors (Lipinski definition) is 3. The molecule has 1 aliphatic carbocycles. The van der Waals surface area contributed by atoms with Crippen LogP contribution in [0.25, 0.3) is 22.0 Å². The number of carboxylic acid groups (broad SMARTS) is 1.